The van der Waals surface area contributed by atoms with Crippen molar-refractivity contribution in [2.24, 2.45) is 0 Å². The lowest BCUT2D eigenvalue weighted by Crippen LogP contribution is -2.33. The van der Waals surface area contributed by atoms with Crippen molar-refractivity contribution in [3.63, 3.8) is 0 Å². The quantitative estimate of drug-likeness (QED) is 0.0515. The zero-order valence-corrected chi connectivity index (χ0v) is 26.7. The molecule has 0 amide bonds. The molecule has 0 aliphatic rings. The molecule has 2 atom stereocenters. The number of ether oxygens (including phenoxy) is 8. The lowest BCUT2D eigenvalue weighted by Gasteiger charge is -2.18. The molecule has 0 N–H and O–H groups in total. The highest BCUT2D eigenvalue weighted by Crippen LogP contribution is 2.12. The van der Waals surface area contributed by atoms with Gasteiger partial charge in [-0.05, 0) is 12.8 Å². The van der Waals surface area contributed by atoms with Crippen LogP contribution in [0.3, 0.4) is 0 Å². The van der Waals surface area contributed by atoms with E-state index in [9.17, 15) is 19.2 Å². The van der Waals surface area contributed by atoms with E-state index in [2.05, 4.69) is 20.4 Å². The number of methoxy groups -OCH3 is 2. The minimum Gasteiger partial charge on any atom is -0.460 e. The van der Waals surface area contributed by atoms with Gasteiger partial charge in [0.25, 0.3) is 0 Å². The smallest absolute Gasteiger partial charge is 0.347 e. The van der Waals surface area contributed by atoms with Gasteiger partial charge in [-0.15, -0.1) is 0 Å². The number of hydrogen-bond donors (Lipinski definition) is 0. The van der Waals surface area contributed by atoms with Crippen LogP contribution in [0.15, 0.2) is 12.2 Å². The summed E-state index contributed by atoms with van der Waals surface area (Å²) in [7, 11) is 2.89. The van der Waals surface area contributed by atoms with E-state index in [0.29, 0.717) is 13.2 Å². The minimum atomic E-state index is -1.26. The molecule has 0 rings (SSSR count). The number of hydrogen-bond acceptors (Lipinski definition) is 12. The lowest BCUT2D eigenvalue weighted by atomic mass is 10.2. The van der Waals surface area contributed by atoms with Crippen molar-refractivity contribution >= 4 is 23.9 Å². The van der Waals surface area contributed by atoms with Crippen LogP contribution in [0, 0.1) is 0 Å². The van der Waals surface area contributed by atoms with Gasteiger partial charge in [-0.1, -0.05) is 59.0 Å². The molecule has 0 aromatic rings. The summed E-state index contributed by atoms with van der Waals surface area (Å²) in [4.78, 5) is 50.1. The van der Waals surface area contributed by atoms with E-state index in [-0.39, 0.29) is 58.1 Å². The Morgan fingerprint density at radius 3 is 1.49 bits per heavy atom. The van der Waals surface area contributed by atoms with Crippen molar-refractivity contribution in [1.82, 2.24) is 0 Å². The van der Waals surface area contributed by atoms with Crippen molar-refractivity contribution in [1.29, 1.82) is 0 Å². The maximum atomic E-state index is 12.6. The Balaban J connectivity index is 4.69. The topological polar surface area (TPSA) is 142 Å². The second kappa shape index (κ2) is 28.2. The Labute approximate surface area is 257 Å². The average molecular weight is 619 g/mol. The van der Waals surface area contributed by atoms with Crippen LogP contribution in [-0.2, 0) is 57.1 Å². The summed E-state index contributed by atoms with van der Waals surface area (Å²) in [6, 6.07) is 0. The Bertz CT molecular complexity index is 770. The minimum absolute atomic E-state index is 0.00492. The van der Waals surface area contributed by atoms with Crippen LogP contribution >= 0.6 is 0 Å². The van der Waals surface area contributed by atoms with Crippen LogP contribution in [-0.4, -0.2) is 103 Å². The molecule has 0 aromatic carbocycles. The molecule has 0 fully saturated rings. The first-order valence-electron chi connectivity index (χ1n) is 15.3. The molecule has 43 heavy (non-hydrogen) atoms. The van der Waals surface area contributed by atoms with Gasteiger partial charge < -0.3 is 37.9 Å². The number of unbranched alkanes of at least 4 members (excludes halogenated alkanes) is 6. The second-order valence-electron chi connectivity index (χ2n) is 9.90. The molecule has 0 radical (unpaired) electrons. The Kier molecular flexibility index (Phi) is 26.6. The van der Waals surface area contributed by atoms with E-state index in [1.165, 1.54) is 14.2 Å². The van der Waals surface area contributed by atoms with Crippen molar-refractivity contribution in [2.45, 2.75) is 96.7 Å². The zero-order chi connectivity index (χ0) is 32.1. The van der Waals surface area contributed by atoms with E-state index in [0.717, 1.165) is 51.4 Å². The maximum absolute atomic E-state index is 12.6. The van der Waals surface area contributed by atoms with Gasteiger partial charge in [0, 0.05) is 45.8 Å². The predicted molar refractivity (Wildman–Crippen MR) is 158 cm³/mol. The molecule has 0 spiro atoms. The first-order valence-corrected chi connectivity index (χ1v) is 15.3. The van der Waals surface area contributed by atoms with Crippen LogP contribution in [0.25, 0.3) is 0 Å². The predicted octanol–water partition coefficient (Wildman–Crippen LogP) is 4.11. The third-order valence-corrected chi connectivity index (χ3v) is 6.09. The van der Waals surface area contributed by atoms with Crippen LogP contribution < -0.4 is 0 Å². The van der Waals surface area contributed by atoms with Gasteiger partial charge in [0.05, 0.1) is 32.8 Å². The molecule has 2 unspecified atom stereocenters. The molecule has 12 nitrogen and oxygen atoms in total. The average Bonchev–Trinajstić information content (AvgIpc) is 2.99. The van der Waals surface area contributed by atoms with Crippen LogP contribution in [0.5, 0.6) is 0 Å². The number of esters is 4. The van der Waals surface area contributed by atoms with Crippen LogP contribution in [0.2, 0.25) is 0 Å². The molecule has 0 saturated carbocycles. The highest BCUT2D eigenvalue weighted by molar-refractivity contribution is 5.95. The molecular formula is C31H54O12. The highest BCUT2D eigenvalue weighted by Gasteiger charge is 2.28. The third-order valence-electron chi connectivity index (χ3n) is 6.09. The zero-order valence-electron chi connectivity index (χ0n) is 26.7. The number of carbonyl (C=O) groups excluding carboxylic acids is 4. The van der Waals surface area contributed by atoms with Gasteiger partial charge in [0.1, 0.15) is 13.2 Å². The number of rotatable bonds is 29. The summed E-state index contributed by atoms with van der Waals surface area (Å²) < 4.78 is 41.8. The molecule has 0 aliphatic heterocycles. The van der Waals surface area contributed by atoms with Gasteiger partial charge in [-0.2, -0.15) is 0 Å². The molecule has 0 heterocycles. The van der Waals surface area contributed by atoms with Crippen molar-refractivity contribution in [2.75, 3.05) is 67.1 Å². The molecule has 0 aliphatic carbocycles. The third kappa shape index (κ3) is 22.6. The molecular weight excluding hydrogens is 564 g/mol. The van der Waals surface area contributed by atoms with E-state index in [1.54, 1.807) is 0 Å². The monoisotopic (exact) mass is 618 g/mol. The summed E-state index contributed by atoms with van der Waals surface area (Å²) in [6.45, 7) is 9.72. The summed E-state index contributed by atoms with van der Waals surface area (Å²) in [5.74, 6) is -3.38. The summed E-state index contributed by atoms with van der Waals surface area (Å²) in [5.41, 5.74) is -0.258. The van der Waals surface area contributed by atoms with Gasteiger partial charge in [-0.3, -0.25) is 4.79 Å². The number of carbonyl (C=O) groups is 4. The second-order valence-corrected chi connectivity index (χ2v) is 9.90. The Hall–Kier alpha value is -2.54. The molecule has 250 valence electrons. The largest absolute Gasteiger partial charge is 0.460 e. The SMILES string of the molecule is C=C(CC(=O)OC(CCOC)C(=O)OCCOCCCCCC)C(=O)OC(CCOC)C(=O)OCCOCCCCCC. The summed E-state index contributed by atoms with van der Waals surface area (Å²) >= 11 is 0. The molecule has 12 heteroatoms. The van der Waals surface area contributed by atoms with E-state index < -0.39 is 42.5 Å². The van der Waals surface area contributed by atoms with Crippen molar-refractivity contribution in [3.05, 3.63) is 12.2 Å². The van der Waals surface area contributed by atoms with Crippen molar-refractivity contribution in [3.8, 4) is 0 Å². The maximum Gasteiger partial charge on any atom is 0.347 e. The summed E-state index contributed by atoms with van der Waals surface area (Å²) in [5, 5.41) is 0. The molecule has 0 saturated heterocycles. The molecule has 0 aromatic heterocycles. The van der Waals surface area contributed by atoms with Crippen LogP contribution in [0.1, 0.15) is 84.5 Å². The van der Waals surface area contributed by atoms with Gasteiger partial charge >= 0.3 is 23.9 Å². The fourth-order valence-electron chi connectivity index (χ4n) is 3.61. The van der Waals surface area contributed by atoms with E-state index in [1.807, 2.05) is 0 Å². The van der Waals surface area contributed by atoms with Gasteiger partial charge in [0.15, 0.2) is 0 Å². The summed E-state index contributed by atoms with van der Waals surface area (Å²) in [6.07, 6.45) is 5.62. The van der Waals surface area contributed by atoms with E-state index >= 15 is 0 Å². The van der Waals surface area contributed by atoms with Gasteiger partial charge in [-0.25, -0.2) is 14.4 Å². The highest BCUT2D eigenvalue weighted by atomic mass is 16.6. The fourth-order valence-corrected chi connectivity index (χ4v) is 3.61. The lowest BCUT2D eigenvalue weighted by molar-refractivity contribution is -0.171. The fraction of sp³-hybridized carbons (Fsp3) is 0.806. The molecule has 0 bridgehead atoms. The Morgan fingerprint density at radius 1 is 0.581 bits per heavy atom. The van der Waals surface area contributed by atoms with Gasteiger partial charge in [0.2, 0.25) is 12.2 Å². The Morgan fingerprint density at radius 2 is 1.05 bits per heavy atom. The normalized spacial score (nSPS) is 12.3. The van der Waals surface area contributed by atoms with Crippen LogP contribution in [0.4, 0.5) is 0 Å². The van der Waals surface area contributed by atoms with E-state index in [4.69, 9.17) is 37.9 Å². The standard InChI is InChI=1S/C31H54O12/c1-6-8-10-12-16-38-20-22-40-30(34)26(14-18-36-4)42-28(32)24-25(3)29(33)43-27(15-19-37-5)31(35)41-23-21-39-17-13-11-9-7-2/h26-27H,3,6-24H2,1-2,4-5H3. The first-order chi connectivity index (χ1) is 20.8. The van der Waals surface area contributed by atoms with Crippen molar-refractivity contribution < 1.29 is 57.1 Å². The first kappa shape index (κ1) is 40.5.